The molecule has 1 unspecified atom stereocenters. The number of likely N-dealkylation sites (tertiary alicyclic amines) is 1. The van der Waals surface area contributed by atoms with Crippen molar-refractivity contribution in [1.82, 2.24) is 4.90 Å². The number of rotatable bonds is 3. The lowest BCUT2D eigenvalue weighted by atomic mass is 9.97. The van der Waals surface area contributed by atoms with Crippen molar-refractivity contribution in [2.24, 2.45) is 0 Å². The van der Waals surface area contributed by atoms with E-state index in [1.54, 1.807) is 0 Å². The van der Waals surface area contributed by atoms with Gasteiger partial charge in [0.15, 0.2) is 0 Å². The number of aliphatic hydroxyl groups excluding tert-OH is 3. The highest BCUT2D eigenvalue weighted by molar-refractivity contribution is 5.19. The maximum absolute atomic E-state index is 9.65. The number of benzene rings is 1. The van der Waals surface area contributed by atoms with Crippen LogP contribution in [0.4, 0.5) is 0 Å². The number of piperidine rings is 1. The Labute approximate surface area is 107 Å². The van der Waals surface area contributed by atoms with Gasteiger partial charge in [-0.1, -0.05) is 37.3 Å². The average molecular weight is 251 g/mol. The predicted molar refractivity (Wildman–Crippen MR) is 69.3 cm³/mol. The third-order valence-electron chi connectivity index (χ3n) is 3.58. The van der Waals surface area contributed by atoms with Crippen LogP contribution in [-0.4, -0.2) is 58.2 Å². The van der Waals surface area contributed by atoms with E-state index in [2.05, 4.69) is 19.1 Å². The van der Waals surface area contributed by atoms with Crippen LogP contribution >= 0.6 is 0 Å². The van der Waals surface area contributed by atoms with Crippen molar-refractivity contribution in [3.05, 3.63) is 35.9 Å². The van der Waals surface area contributed by atoms with Crippen LogP contribution < -0.4 is 0 Å². The van der Waals surface area contributed by atoms with E-state index in [4.69, 9.17) is 0 Å². The molecule has 1 aliphatic rings. The van der Waals surface area contributed by atoms with E-state index < -0.39 is 18.3 Å². The molecule has 0 spiro atoms. The van der Waals surface area contributed by atoms with Gasteiger partial charge >= 0.3 is 0 Å². The van der Waals surface area contributed by atoms with Gasteiger partial charge in [0, 0.05) is 19.6 Å². The molecule has 1 fully saturated rings. The summed E-state index contributed by atoms with van der Waals surface area (Å²) in [6.07, 6.45) is -2.75. The van der Waals surface area contributed by atoms with Crippen molar-refractivity contribution in [3.63, 3.8) is 0 Å². The molecule has 0 bridgehead atoms. The summed E-state index contributed by atoms with van der Waals surface area (Å²) in [7, 11) is 0. The van der Waals surface area contributed by atoms with Crippen LogP contribution in [0.15, 0.2) is 30.3 Å². The third kappa shape index (κ3) is 3.09. The Kier molecular flexibility index (Phi) is 4.35. The minimum Gasteiger partial charge on any atom is -0.389 e. The molecule has 1 aromatic carbocycles. The highest BCUT2D eigenvalue weighted by Gasteiger charge is 2.33. The lowest BCUT2D eigenvalue weighted by Gasteiger charge is -2.38. The second kappa shape index (κ2) is 5.80. The van der Waals surface area contributed by atoms with Crippen molar-refractivity contribution >= 4 is 0 Å². The summed E-state index contributed by atoms with van der Waals surface area (Å²) in [6.45, 7) is 3.72. The number of β-amino-alcohol motifs (C(OH)–C–C–N with tert-alkyl or cyclic N) is 2. The first-order chi connectivity index (χ1) is 8.58. The van der Waals surface area contributed by atoms with E-state index in [0.29, 0.717) is 19.0 Å². The van der Waals surface area contributed by atoms with Gasteiger partial charge in [0.25, 0.3) is 0 Å². The summed E-state index contributed by atoms with van der Waals surface area (Å²) in [5.41, 5.74) is 1.24. The van der Waals surface area contributed by atoms with Crippen molar-refractivity contribution in [2.75, 3.05) is 19.6 Å². The van der Waals surface area contributed by atoms with E-state index in [1.807, 2.05) is 23.1 Å². The van der Waals surface area contributed by atoms with E-state index in [-0.39, 0.29) is 0 Å². The van der Waals surface area contributed by atoms with Crippen LogP contribution in [0.3, 0.4) is 0 Å². The molecule has 18 heavy (non-hydrogen) atoms. The largest absolute Gasteiger partial charge is 0.389 e. The van der Waals surface area contributed by atoms with Gasteiger partial charge in [-0.05, 0) is 11.5 Å². The van der Waals surface area contributed by atoms with Crippen LogP contribution in [-0.2, 0) is 0 Å². The van der Waals surface area contributed by atoms with E-state index in [0.717, 1.165) is 6.54 Å². The van der Waals surface area contributed by atoms with Crippen LogP contribution in [0, 0.1) is 0 Å². The minimum absolute atomic E-state index is 0.334. The fourth-order valence-corrected chi connectivity index (χ4v) is 2.50. The Bertz CT molecular complexity index is 359. The van der Waals surface area contributed by atoms with Gasteiger partial charge in [0.05, 0.1) is 12.2 Å². The number of hydrogen-bond donors (Lipinski definition) is 3. The second-order valence-corrected chi connectivity index (χ2v) is 5.16. The molecule has 1 aliphatic heterocycles. The van der Waals surface area contributed by atoms with Crippen molar-refractivity contribution in [3.8, 4) is 0 Å². The van der Waals surface area contributed by atoms with Gasteiger partial charge in [-0.15, -0.1) is 0 Å². The summed E-state index contributed by atoms with van der Waals surface area (Å²) in [6, 6.07) is 10.2. The maximum atomic E-state index is 9.65. The smallest absolute Gasteiger partial charge is 0.108 e. The molecule has 4 heteroatoms. The summed E-state index contributed by atoms with van der Waals surface area (Å²) in [5.74, 6) is 0.334. The molecule has 3 N–H and O–H groups in total. The molecule has 2 rings (SSSR count). The summed E-state index contributed by atoms with van der Waals surface area (Å²) >= 11 is 0. The number of hydrogen-bond acceptors (Lipinski definition) is 4. The Morgan fingerprint density at radius 2 is 1.67 bits per heavy atom. The van der Waals surface area contributed by atoms with Gasteiger partial charge in [-0.3, -0.25) is 4.90 Å². The molecule has 0 radical (unpaired) electrons. The highest BCUT2D eigenvalue weighted by atomic mass is 16.4. The van der Waals surface area contributed by atoms with Crippen LogP contribution in [0.25, 0.3) is 0 Å². The molecule has 1 heterocycles. The molecule has 1 aromatic rings. The van der Waals surface area contributed by atoms with Gasteiger partial charge < -0.3 is 15.3 Å². The quantitative estimate of drug-likeness (QED) is 0.717. The fraction of sp³-hybridized carbons (Fsp3) is 0.571. The van der Waals surface area contributed by atoms with Gasteiger partial charge in [-0.2, -0.15) is 0 Å². The predicted octanol–water partition coefficient (Wildman–Crippen LogP) is 0.188. The van der Waals surface area contributed by atoms with Crippen molar-refractivity contribution in [1.29, 1.82) is 0 Å². The van der Waals surface area contributed by atoms with E-state index in [9.17, 15) is 15.3 Å². The standard InChI is InChI=1S/C14H21NO3/c1-10(11-5-3-2-4-6-11)7-15-8-12(16)14(18)13(17)9-15/h2-6,10,12-14,16-18H,7-9H2,1H3/t10-,12-,13+,14?/m1/s1. The molecule has 4 nitrogen and oxygen atoms in total. The summed E-state index contributed by atoms with van der Waals surface area (Å²) < 4.78 is 0. The summed E-state index contributed by atoms with van der Waals surface area (Å²) in [4.78, 5) is 2.00. The molecule has 1 saturated heterocycles. The molecular formula is C14H21NO3. The molecule has 0 saturated carbocycles. The first-order valence-corrected chi connectivity index (χ1v) is 6.39. The molecule has 0 aliphatic carbocycles. The monoisotopic (exact) mass is 251 g/mol. The molecular weight excluding hydrogens is 230 g/mol. The lowest BCUT2D eigenvalue weighted by molar-refractivity contribution is -0.110. The topological polar surface area (TPSA) is 63.9 Å². The fourth-order valence-electron chi connectivity index (χ4n) is 2.50. The van der Waals surface area contributed by atoms with Gasteiger partial charge in [-0.25, -0.2) is 0 Å². The lowest BCUT2D eigenvalue weighted by Crippen LogP contribution is -2.55. The number of aliphatic hydroxyl groups is 3. The van der Waals surface area contributed by atoms with Gasteiger partial charge in [0.2, 0.25) is 0 Å². The Hall–Kier alpha value is -0.940. The zero-order chi connectivity index (χ0) is 13.1. The maximum Gasteiger partial charge on any atom is 0.108 e. The Balaban J connectivity index is 1.94. The SMILES string of the molecule is C[C@H](CN1C[C@@H](O)C(O)[C@@H](O)C1)c1ccccc1. The molecule has 4 atom stereocenters. The van der Waals surface area contributed by atoms with Gasteiger partial charge in [0.1, 0.15) is 6.10 Å². The third-order valence-corrected chi connectivity index (χ3v) is 3.58. The minimum atomic E-state index is -1.02. The van der Waals surface area contributed by atoms with Crippen LogP contribution in [0.2, 0.25) is 0 Å². The normalized spacial score (nSPS) is 31.2. The van der Waals surface area contributed by atoms with E-state index >= 15 is 0 Å². The van der Waals surface area contributed by atoms with Crippen molar-refractivity contribution < 1.29 is 15.3 Å². The zero-order valence-corrected chi connectivity index (χ0v) is 10.6. The van der Waals surface area contributed by atoms with E-state index in [1.165, 1.54) is 5.56 Å². The van der Waals surface area contributed by atoms with Crippen LogP contribution in [0.5, 0.6) is 0 Å². The number of nitrogens with zero attached hydrogens (tertiary/aromatic N) is 1. The molecule has 0 aromatic heterocycles. The molecule has 100 valence electrons. The Morgan fingerprint density at radius 3 is 2.22 bits per heavy atom. The first kappa shape index (κ1) is 13.5. The summed E-state index contributed by atoms with van der Waals surface area (Å²) in [5, 5.41) is 28.8. The second-order valence-electron chi connectivity index (χ2n) is 5.16. The first-order valence-electron chi connectivity index (χ1n) is 6.39. The highest BCUT2D eigenvalue weighted by Crippen LogP contribution is 2.19. The zero-order valence-electron chi connectivity index (χ0n) is 10.6. The Morgan fingerprint density at radius 1 is 1.11 bits per heavy atom. The molecule has 0 amide bonds. The van der Waals surface area contributed by atoms with Crippen LogP contribution in [0.1, 0.15) is 18.4 Å². The average Bonchev–Trinajstić information content (AvgIpc) is 2.37. The van der Waals surface area contributed by atoms with Crippen molar-refractivity contribution in [2.45, 2.75) is 31.2 Å².